The maximum atomic E-state index is 13.4. The first kappa shape index (κ1) is 20.9. The number of halogens is 2. The van der Waals surface area contributed by atoms with Crippen molar-refractivity contribution >= 4 is 5.96 Å². The number of rotatable bonds is 8. The van der Waals surface area contributed by atoms with Crippen molar-refractivity contribution in [3.05, 3.63) is 52.4 Å². The van der Waals surface area contributed by atoms with E-state index >= 15 is 0 Å². The third kappa shape index (κ3) is 5.52. The fourth-order valence-electron chi connectivity index (χ4n) is 2.80. The van der Waals surface area contributed by atoms with E-state index in [4.69, 9.17) is 4.52 Å². The van der Waals surface area contributed by atoms with Crippen molar-refractivity contribution in [3.63, 3.8) is 0 Å². The van der Waals surface area contributed by atoms with Gasteiger partial charge in [0, 0.05) is 25.1 Å². The highest BCUT2D eigenvalue weighted by molar-refractivity contribution is 5.79. The van der Waals surface area contributed by atoms with Gasteiger partial charge in [-0.15, -0.1) is 0 Å². The molecule has 2 aromatic rings. The van der Waals surface area contributed by atoms with E-state index in [2.05, 4.69) is 20.8 Å². The molecule has 0 aliphatic heterocycles. The van der Waals surface area contributed by atoms with E-state index in [9.17, 15) is 8.78 Å². The molecular weight excluding hydrogens is 350 g/mol. The number of aryl methyl sites for hydroxylation is 2. The molecule has 1 aromatic carbocycles. The fraction of sp³-hybridized carbons (Fsp3) is 0.500. The lowest BCUT2D eigenvalue weighted by molar-refractivity contribution is 0.380. The van der Waals surface area contributed by atoms with Crippen molar-refractivity contribution < 1.29 is 13.3 Å². The lowest BCUT2D eigenvalue weighted by atomic mass is 10.0. The van der Waals surface area contributed by atoms with Crippen LogP contribution in [0.15, 0.2) is 27.7 Å². The summed E-state index contributed by atoms with van der Waals surface area (Å²) >= 11 is 0. The molecule has 1 atom stereocenters. The molecule has 0 saturated carbocycles. The van der Waals surface area contributed by atoms with Gasteiger partial charge in [0.25, 0.3) is 0 Å². The molecule has 0 fully saturated rings. The Labute approximate surface area is 159 Å². The Bertz CT molecular complexity index is 752. The maximum Gasteiger partial charge on any atom is 0.191 e. The number of hydrogen-bond acceptors (Lipinski definition) is 3. The molecule has 2 rings (SSSR count). The minimum Gasteiger partial charge on any atom is -0.361 e. The van der Waals surface area contributed by atoms with Crippen LogP contribution in [0.25, 0.3) is 0 Å². The molecular formula is C20H28F2N4O. The lowest BCUT2D eigenvalue weighted by Crippen LogP contribution is -2.39. The summed E-state index contributed by atoms with van der Waals surface area (Å²) in [5, 5.41) is 10.6. The molecule has 0 spiro atoms. The molecule has 5 nitrogen and oxygen atoms in total. The Morgan fingerprint density at radius 2 is 1.93 bits per heavy atom. The van der Waals surface area contributed by atoms with Crippen molar-refractivity contribution in [2.24, 2.45) is 4.99 Å². The van der Waals surface area contributed by atoms with Gasteiger partial charge in [-0.05, 0) is 37.0 Å². The zero-order chi connectivity index (χ0) is 19.8. The van der Waals surface area contributed by atoms with Crippen molar-refractivity contribution in [2.75, 3.05) is 13.1 Å². The Morgan fingerprint density at radius 3 is 2.56 bits per heavy atom. The quantitative estimate of drug-likeness (QED) is 0.540. The number of hydrogen-bond donors (Lipinski definition) is 2. The highest BCUT2D eigenvalue weighted by atomic mass is 19.2. The van der Waals surface area contributed by atoms with E-state index in [1.807, 2.05) is 27.7 Å². The molecule has 148 valence electrons. The molecule has 0 aliphatic carbocycles. The van der Waals surface area contributed by atoms with E-state index in [0.717, 1.165) is 48.0 Å². The monoisotopic (exact) mass is 378 g/mol. The molecule has 2 N–H and O–H groups in total. The zero-order valence-electron chi connectivity index (χ0n) is 16.4. The van der Waals surface area contributed by atoms with Gasteiger partial charge >= 0.3 is 0 Å². The fourth-order valence-corrected chi connectivity index (χ4v) is 2.80. The minimum absolute atomic E-state index is 0.00282. The number of guanidine groups is 1. The first-order chi connectivity index (χ1) is 13.0. The van der Waals surface area contributed by atoms with Crippen LogP contribution in [0.3, 0.4) is 0 Å². The summed E-state index contributed by atoms with van der Waals surface area (Å²) in [5.74, 6) is -0.136. The number of aromatic nitrogens is 1. The first-order valence-corrected chi connectivity index (χ1v) is 9.43. The molecule has 0 radical (unpaired) electrons. The van der Waals surface area contributed by atoms with Gasteiger partial charge in [0.1, 0.15) is 5.76 Å². The van der Waals surface area contributed by atoms with Gasteiger partial charge in [-0.2, -0.15) is 0 Å². The van der Waals surface area contributed by atoms with Gasteiger partial charge < -0.3 is 15.2 Å². The van der Waals surface area contributed by atoms with Crippen LogP contribution in [0.1, 0.15) is 56.2 Å². The van der Waals surface area contributed by atoms with Crippen molar-refractivity contribution in [1.82, 2.24) is 15.8 Å². The average Bonchev–Trinajstić information content (AvgIpc) is 3.07. The highest BCUT2D eigenvalue weighted by Crippen LogP contribution is 2.18. The molecule has 0 amide bonds. The molecule has 0 bridgehead atoms. The normalized spacial score (nSPS) is 12.9. The predicted molar refractivity (Wildman–Crippen MR) is 103 cm³/mol. The van der Waals surface area contributed by atoms with E-state index in [1.54, 1.807) is 6.07 Å². The summed E-state index contributed by atoms with van der Waals surface area (Å²) in [5.41, 5.74) is 2.70. The van der Waals surface area contributed by atoms with Crippen LogP contribution in [-0.2, 0) is 19.4 Å². The Balaban J connectivity index is 2.05. The third-order valence-electron chi connectivity index (χ3n) is 4.43. The summed E-state index contributed by atoms with van der Waals surface area (Å²) < 4.78 is 31.9. The van der Waals surface area contributed by atoms with Gasteiger partial charge in [0.2, 0.25) is 0 Å². The van der Waals surface area contributed by atoms with Crippen LogP contribution in [0, 0.1) is 11.6 Å². The second-order valence-electron chi connectivity index (χ2n) is 6.39. The van der Waals surface area contributed by atoms with Gasteiger partial charge in [-0.3, -0.25) is 0 Å². The Kier molecular flexibility index (Phi) is 7.76. The van der Waals surface area contributed by atoms with E-state index in [1.165, 1.54) is 6.07 Å². The van der Waals surface area contributed by atoms with Crippen LogP contribution in [-0.4, -0.2) is 24.2 Å². The number of nitrogens with one attached hydrogen (secondary N) is 2. The number of aliphatic imine (C=N–C) groups is 1. The molecule has 1 aromatic heterocycles. The summed E-state index contributed by atoms with van der Waals surface area (Å²) in [6.07, 6.45) is 1.57. The van der Waals surface area contributed by atoms with Crippen LogP contribution in [0.5, 0.6) is 0 Å². The van der Waals surface area contributed by atoms with Gasteiger partial charge in [0.15, 0.2) is 17.6 Å². The summed E-state index contributed by atoms with van der Waals surface area (Å²) in [4.78, 5) is 4.63. The van der Waals surface area contributed by atoms with Crippen molar-refractivity contribution in [1.29, 1.82) is 0 Å². The minimum atomic E-state index is -0.832. The van der Waals surface area contributed by atoms with Crippen LogP contribution in [0.4, 0.5) is 8.78 Å². The predicted octanol–water partition coefficient (Wildman–Crippen LogP) is 3.94. The molecule has 27 heavy (non-hydrogen) atoms. The Morgan fingerprint density at radius 1 is 1.15 bits per heavy atom. The van der Waals surface area contributed by atoms with Gasteiger partial charge in [-0.1, -0.05) is 32.0 Å². The molecule has 7 heteroatoms. The van der Waals surface area contributed by atoms with Crippen LogP contribution < -0.4 is 10.6 Å². The number of nitrogens with zero attached hydrogens (tertiary/aromatic N) is 2. The standard InChI is InChI=1S/C20H28F2N4O/c1-5-18-15(19(6-2)27-26-18)12-25-20(23-7-3)24-11-13(4)14-8-9-16(21)17(22)10-14/h8-10,13H,5-7,11-12H2,1-4H3,(H2,23,24,25). The van der Waals surface area contributed by atoms with Crippen LogP contribution >= 0.6 is 0 Å². The summed E-state index contributed by atoms with van der Waals surface area (Å²) in [7, 11) is 0. The summed E-state index contributed by atoms with van der Waals surface area (Å²) in [6, 6.07) is 4.00. The third-order valence-corrected chi connectivity index (χ3v) is 4.43. The van der Waals surface area contributed by atoms with E-state index in [0.29, 0.717) is 19.0 Å². The SMILES string of the molecule is CCNC(=NCc1c(CC)noc1CC)NCC(C)c1ccc(F)c(F)c1. The Hall–Kier alpha value is -2.44. The highest BCUT2D eigenvalue weighted by Gasteiger charge is 2.14. The number of benzene rings is 1. The van der Waals surface area contributed by atoms with E-state index in [-0.39, 0.29) is 5.92 Å². The van der Waals surface area contributed by atoms with Crippen molar-refractivity contribution in [3.8, 4) is 0 Å². The molecule has 1 unspecified atom stereocenters. The largest absolute Gasteiger partial charge is 0.361 e. The molecule has 0 aliphatic rings. The van der Waals surface area contributed by atoms with Gasteiger partial charge in [0.05, 0.1) is 12.2 Å². The zero-order valence-corrected chi connectivity index (χ0v) is 16.4. The molecule has 1 heterocycles. The van der Waals surface area contributed by atoms with Crippen molar-refractivity contribution in [2.45, 2.75) is 53.0 Å². The smallest absolute Gasteiger partial charge is 0.191 e. The summed E-state index contributed by atoms with van der Waals surface area (Å²) in [6.45, 7) is 9.75. The topological polar surface area (TPSA) is 62.5 Å². The molecule has 0 saturated heterocycles. The van der Waals surface area contributed by atoms with E-state index < -0.39 is 11.6 Å². The maximum absolute atomic E-state index is 13.4. The van der Waals surface area contributed by atoms with Gasteiger partial charge in [-0.25, -0.2) is 13.8 Å². The average molecular weight is 378 g/mol. The second kappa shape index (κ2) is 10.0. The van der Waals surface area contributed by atoms with Crippen LogP contribution in [0.2, 0.25) is 0 Å². The first-order valence-electron chi connectivity index (χ1n) is 9.43. The second-order valence-corrected chi connectivity index (χ2v) is 6.39. The lowest BCUT2D eigenvalue weighted by Gasteiger charge is -2.16.